The Morgan fingerprint density at radius 1 is 1.20 bits per heavy atom. The normalized spacial score (nSPS) is 9.93. The number of rotatable bonds is 2. The summed E-state index contributed by atoms with van der Waals surface area (Å²) in [6, 6.07) is 8.13. The molecule has 3 N–H and O–H groups in total. The summed E-state index contributed by atoms with van der Waals surface area (Å²) < 4.78 is 13.3. The van der Waals surface area contributed by atoms with E-state index in [1.807, 2.05) is 0 Å². The van der Waals surface area contributed by atoms with Crippen molar-refractivity contribution in [1.29, 1.82) is 0 Å². The third-order valence-electron chi connectivity index (χ3n) is 1.91. The first-order chi connectivity index (χ1) is 7.25. The molecule has 3 nitrogen and oxygen atoms in total. The van der Waals surface area contributed by atoms with Crippen LogP contribution in [0.15, 0.2) is 42.7 Å². The van der Waals surface area contributed by atoms with Gasteiger partial charge in [-0.15, -0.1) is 0 Å². The van der Waals surface area contributed by atoms with Crippen molar-refractivity contribution in [2.75, 3.05) is 11.1 Å². The monoisotopic (exact) mass is 203 g/mol. The molecule has 0 saturated carbocycles. The number of pyridine rings is 1. The fraction of sp³-hybridized carbons (Fsp3) is 0. The van der Waals surface area contributed by atoms with Crippen LogP contribution in [0.25, 0.3) is 0 Å². The van der Waals surface area contributed by atoms with Gasteiger partial charge in [0, 0.05) is 6.20 Å². The summed E-state index contributed by atoms with van der Waals surface area (Å²) in [4.78, 5) is 3.90. The Hall–Kier alpha value is -2.10. The van der Waals surface area contributed by atoms with Gasteiger partial charge >= 0.3 is 0 Å². The number of para-hydroxylation sites is 1. The SMILES string of the molecule is Nc1cncc(Nc2ccccc2F)c1. The van der Waals surface area contributed by atoms with Gasteiger partial charge in [0.25, 0.3) is 0 Å². The lowest BCUT2D eigenvalue weighted by Gasteiger charge is -2.06. The van der Waals surface area contributed by atoms with Crippen molar-refractivity contribution in [3.05, 3.63) is 48.5 Å². The molecule has 0 aliphatic carbocycles. The summed E-state index contributed by atoms with van der Waals surface area (Å²) in [6.45, 7) is 0. The third-order valence-corrected chi connectivity index (χ3v) is 1.91. The molecular formula is C11H10FN3. The molecule has 0 bridgehead atoms. The molecule has 0 radical (unpaired) electrons. The first-order valence-corrected chi connectivity index (χ1v) is 4.48. The molecule has 0 spiro atoms. The Morgan fingerprint density at radius 2 is 2.00 bits per heavy atom. The maximum absolute atomic E-state index is 13.3. The van der Waals surface area contributed by atoms with Crippen LogP contribution in [-0.2, 0) is 0 Å². The van der Waals surface area contributed by atoms with Gasteiger partial charge in [0.05, 0.1) is 23.3 Å². The molecule has 1 aromatic carbocycles. The topological polar surface area (TPSA) is 50.9 Å². The molecule has 2 rings (SSSR count). The highest BCUT2D eigenvalue weighted by molar-refractivity contribution is 5.62. The van der Waals surface area contributed by atoms with Crippen molar-refractivity contribution in [2.24, 2.45) is 0 Å². The van der Waals surface area contributed by atoms with E-state index in [0.29, 0.717) is 17.1 Å². The number of aromatic nitrogens is 1. The van der Waals surface area contributed by atoms with E-state index >= 15 is 0 Å². The average molecular weight is 203 g/mol. The first kappa shape index (κ1) is 9.45. The number of nitrogens with zero attached hydrogens (tertiary/aromatic N) is 1. The van der Waals surface area contributed by atoms with Crippen molar-refractivity contribution in [3.8, 4) is 0 Å². The molecule has 1 aromatic heterocycles. The second-order valence-corrected chi connectivity index (χ2v) is 3.11. The number of hydrogen-bond donors (Lipinski definition) is 2. The lowest BCUT2D eigenvalue weighted by Crippen LogP contribution is -1.95. The molecule has 0 saturated heterocycles. The van der Waals surface area contributed by atoms with Gasteiger partial charge in [-0.05, 0) is 18.2 Å². The molecule has 0 atom stereocenters. The van der Waals surface area contributed by atoms with Crippen LogP contribution in [0.3, 0.4) is 0 Å². The minimum Gasteiger partial charge on any atom is -0.397 e. The molecule has 0 aliphatic heterocycles. The van der Waals surface area contributed by atoms with Crippen molar-refractivity contribution < 1.29 is 4.39 Å². The molecule has 0 amide bonds. The van der Waals surface area contributed by atoms with Gasteiger partial charge in [0.15, 0.2) is 0 Å². The van der Waals surface area contributed by atoms with E-state index in [9.17, 15) is 4.39 Å². The summed E-state index contributed by atoms with van der Waals surface area (Å²) in [5, 5.41) is 2.90. The zero-order valence-corrected chi connectivity index (χ0v) is 7.94. The van der Waals surface area contributed by atoms with Crippen LogP contribution in [0.5, 0.6) is 0 Å². The number of halogens is 1. The smallest absolute Gasteiger partial charge is 0.146 e. The fourth-order valence-corrected chi connectivity index (χ4v) is 1.24. The average Bonchev–Trinajstić information content (AvgIpc) is 2.22. The highest BCUT2D eigenvalue weighted by Crippen LogP contribution is 2.19. The number of nitrogens with one attached hydrogen (secondary N) is 1. The van der Waals surface area contributed by atoms with E-state index < -0.39 is 0 Å². The largest absolute Gasteiger partial charge is 0.397 e. The second kappa shape index (κ2) is 3.96. The lowest BCUT2D eigenvalue weighted by atomic mass is 10.3. The molecule has 2 aromatic rings. The Kier molecular flexibility index (Phi) is 2.49. The highest BCUT2D eigenvalue weighted by atomic mass is 19.1. The number of hydrogen-bond acceptors (Lipinski definition) is 3. The Morgan fingerprint density at radius 3 is 2.73 bits per heavy atom. The first-order valence-electron chi connectivity index (χ1n) is 4.48. The zero-order chi connectivity index (χ0) is 10.7. The molecule has 0 fully saturated rings. The summed E-state index contributed by atoms with van der Waals surface area (Å²) in [7, 11) is 0. The molecule has 15 heavy (non-hydrogen) atoms. The lowest BCUT2D eigenvalue weighted by molar-refractivity contribution is 0.632. The molecule has 4 heteroatoms. The fourth-order valence-electron chi connectivity index (χ4n) is 1.24. The summed E-state index contributed by atoms with van der Waals surface area (Å²) in [6.07, 6.45) is 3.12. The van der Waals surface area contributed by atoms with Crippen LogP contribution >= 0.6 is 0 Å². The van der Waals surface area contributed by atoms with Crippen molar-refractivity contribution in [3.63, 3.8) is 0 Å². The highest BCUT2D eigenvalue weighted by Gasteiger charge is 2.00. The van der Waals surface area contributed by atoms with Crippen LogP contribution in [-0.4, -0.2) is 4.98 Å². The maximum Gasteiger partial charge on any atom is 0.146 e. The minimum atomic E-state index is -0.306. The van der Waals surface area contributed by atoms with Gasteiger partial charge in [0.2, 0.25) is 0 Å². The maximum atomic E-state index is 13.3. The number of benzene rings is 1. The zero-order valence-electron chi connectivity index (χ0n) is 7.94. The van der Waals surface area contributed by atoms with E-state index in [0.717, 1.165) is 0 Å². The molecule has 0 unspecified atom stereocenters. The molecule has 1 heterocycles. The van der Waals surface area contributed by atoms with Gasteiger partial charge in [-0.2, -0.15) is 0 Å². The van der Waals surface area contributed by atoms with Crippen molar-refractivity contribution in [1.82, 2.24) is 4.98 Å². The van der Waals surface area contributed by atoms with Gasteiger partial charge < -0.3 is 11.1 Å². The van der Waals surface area contributed by atoms with E-state index in [2.05, 4.69) is 10.3 Å². The van der Waals surface area contributed by atoms with E-state index in [1.165, 1.54) is 12.3 Å². The van der Waals surface area contributed by atoms with Crippen LogP contribution in [0, 0.1) is 5.82 Å². The van der Waals surface area contributed by atoms with Gasteiger partial charge in [0.1, 0.15) is 5.82 Å². The minimum absolute atomic E-state index is 0.306. The van der Waals surface area contributed by atoms with Gasteiger partial charge in [-0.25, -0.2) is 4.39 Å². The van der Waals surface area contributed by atoms with Gasteiger partial charge in [-0.1, -0.05) is 12.1 Å². The molecule has 76 valence electrons. The Bertz CT molecular complexity index is 471. The molecular weight excluding hydrogens is 193 g/mol. The van der Waals surface area contributed by atoms with Crippen LogP contribution in [0.1, 0.15) is 0 Å². The van der Waals surface area contributed by atoms with E-state index in [4.69, 9.17) is 5.73 Å². The quantitative estimate of drug-likeness (QED) is 0.788. The van der Waals surface area contributed by atoms with E-state index in [1.54, 1.807) is 30.5 Å². The van der Waals surface area contributed by atoms with Gasteiger partial charge in [-0.3, -0.25) is 4.98 Å². The van der Waals surface area contributed by atoms with E-state index in [-0.39, 0.29) is 5.82 Å². The van der Waals surface area contributed by atoms with Crippen LogP contribution in [0.2, 0.25) is 0 Å². The predicted octanol–water partition coefficient (Wildman–Crippen LogP) is 2.55. The number of nitrogens with two attached hydrogens (primary N) is 1. The standard InChI is InChI=1S/C11H10FN3/c12-10-3-1-2-4-11(10)15-9-5-8(13)6-14-7-9/h1-7,15H,13H2. The van der Waals surface area contributed by atoms with Crippen LogP contribution in [0.4, 0.5) is 21.5 Å². The predicted molar refractivity (Wildman–Crippen MR) is 58.3 cm³/mol. The summed E-state index contributed by atoms with van der Waals surface area (Å²) >= 11 is 0. The number of anilines is 3. The number of nitrogen functional groups attached to an aromatic ring is 1. The van der Waals surface area contributed by atoms with Crippen molar-refractivity contribution in [2.45, 2.75) is 0 Å². The summed E-state index contributed by atoms with van der Waals surface area (Å²) in [5.41, 5.74) is 7.17. The Labute approximate surface area is 86.8 Å². The van der Waals surface area contributed by atoms with Crippen LogP contribution < -0.4 is 11.1 Å². The third kappa shape index (κ3) is 2.22. The Balaban J connectivity index is 2.26. The van der Waals surface area contributed by atoms with Crippen molar-refractivity contribution >= 4 is 17.1 Å². The summed E-state index contributed by atoms with van der Waals surface area (Å²) in [5.74, 6) is -0.306. The molecule has 0 aliphatic rings. The second-order valence-electron chi connectivity index (χ2n) is 3.11.